The van der Waals surface area contributed by atoms with Crippen molar-refractivity contribution in [3.05, 3.63) is 62.4 Å². The molecule has 3 aliphatic heterocycles. The zero-order valence-corrected chi connectivity index (χ0v) is 22.3. The van der Waals surface area contributed by atoms with Gasteiger partial charge in [0.15, 0.2) is 9.84 Å². The standard InChI is InChI=1S/C24H32N3O7PS/c1-4-19-20(12-22(32-19)26-13-16(3)23(28)25-24(26)29)33-35-27-11-5-6-18(27)21(34-35)14-36(30,31)17-9-7-15(2)8-10-17/h7-10,13,18-22H,4-6,11-12,14H2,1-3H3,(H,25,28,29)/t18-,19-,20?,21+,22-,35-/m1/s1. The molecule has 0 bridgehead atoms. The van der Waals surface area contributed by atoms with Gasteiger partial charge in [-0.05, 0) is 45.2 Å². The quantitative estimate of drug-likeness (QED) is 0.536. The summed E-state index contributed by atoms with van der Waals surface area (Å²) in [6, 6.07) is 6.90. The van der Waals surface area contributed by atoms with Crippen LogP contribution in [0.3, 0.4) is 0 Å². The number of hydrogen-bond donors (Lipinski definition) is 1. The summed E-state index contributed by atoms with van der Waals surface area (Å²) in [5, 5.41) is 0. The van der Waals surface area contributed by atoms with E-state index in [0.29, 0.717) is 23.3 Å². The molecule has 0 saturated carbocycles. The van der Waals surface area contributed by atoms with Crippen molar-refractivity contribution < 1.29 is 22.2 Å². The number of fused-ring (bicyclic) bond motifs is 1. The van der Waals surface area contributed by atoms with Gasteiger partial charge in [-0.3, -0.25) is 14.3 Å². The highest BCUT2D eigenvalue weighted by molar-refractivity contribution is 7.91. The van der Waals surface area contributed by atoms with E-state index in [2.05, 4.69) is 9.65 Å². The normalized spacial score (nSPS) is 30.6. The zero-order chi connectivity index (χ0) is 25.6. The zero-order valence-electron chi connectivity index (χ0n) is 20.6. The summed E-state index contributed by atoms with van der Waals surface area (Å²) in [7, 11) is -4.97. The number of sulfone groups is 1. The average molecular weight is 538 g/mol. The molecule has 1 N–H and O–H groups in total. The molecular weight excluding hydrogens is 505 g/mol. The molecule has 10 nitrogen and oxygen atoms in total. The minimum atomic E-state index is -3.51. The predicted molar refractivity (Wildman–Crippen MR) is 135 cm³/mol. The van der Waals surface area contributed by atoms with Gasteiger partial charge in [0.25, 0.3) is 14.1 Å². The first-order valence-corrected chi connectivity index (χ1v) is 15.1. The van der Waals surface area contributed by atoms with E-state index in [1.165, 1.54) is 10.8 Å². The molecule has 1 aromatic heterocycles. The Morgan fingerprint density at radius 3 is 2.64 bits per heavy atom. The number of aromatic amines is 1. The minimum absolute atomic E-state index is 0.000929. The van der Waals surface area contributed by atoms with Gasteiger partial charge in [0.1, 0.15) is 6.23 Å². The van der Waals surface area contributed by atoms with Gasteiger partial charge in [0.05, 0.1) is 29.0 Å². The van der Waals surface area contributed by atoms with Gasteiger partial charge >= 0.3 is 5.69 Å². The molecule has 12 heteroatoms. The second-order valence-electron chi connectivity index (χ2n) is 9.74. The summed E-state index contributed by atoms with van der Waals surface area (Å²) in [5.41, 5.74) is 0.502. The molecule has 0 spiro atoms. The number of aromatic nitrogens is 2. The molecule has 0 radical (unpaired) electrons. The molecule has 196 valence electrons. The summed E-state index contributed by atoms with van der Waals surface area (Å²) in [6.45, 7) is 6.35. The van der Waals surface area contributed by atoms with Crippen LogP contribution < -0.4 is 11.2 Å². The van der Waals surface area contributed by atoms with Crippen LogP contribution in [0.25, 0.3) is 0 Å². The molecule has 5 rings (SSSR count). The van der Waals surface area contributed by atoms with Gasteiger partial charge in [-0.25, -0.2) is 17.9 Å². The van der Waals surface area contributed by atoms with Crippen LogP contribution in [0, 0.1) is 13.8 Å². The lowest BCUT2D eigenvalue weighted by Gasteiger charge is -2.25. The van der Waals surface area contributed by atoms with Crippen molar-refractivity contribution in [1.29, 1.82) is 0 Å². The van der Waals surface area contributed by atoms with Crippen LogP contribution in [-0.2, 0) is 23.6 Å². The second kappa shape index (κ2) is 10.1. The molecule has 6 atom stereocenters. The predicted octanol–water partition coefficient (Wildman–Crippen LogP) is 2.80. The smallest absolute Gasteiger partial charge is 0.330 e. The van der Waals surface area contributed by atoms with Gasteiger partial charge < -0.3 is 13.8 Å². The number of H-pyrrole nitrogens is 1. The van der Waals surface area contributed by atoms with Crippen molar-refractivity contribution in [2.24, 2.45) is 0 Å². The first-order chi connectivity index (χ1) is 17.2. The highest BCUT2D eigenvalue weighted by atomic mass is 32.2. The monoisotopic (exact) mass is 537 g/mol. The fraction of sp³-hybridized carbons (Fsp3) is 0.583. The van der Waals surface area contributed by atoms with Crippen molar-refractivity contribution in [3.8, 4) is 0 Å². The number of rotatable bonds is 7. The van der Waals surface area contributed by atoms with Crippen LogP contribution >= 0.6 is 8.53 Å². The second-order valence-corrected chi connectivity index (χ2v) is 13.2. The lowest BCUT2D eigenvalue weighted by Crippen LogP contribution is -2.33. The van der Waals surface area contributed by atoms with Crippen molar-refractivity contribution in [2.75, 3.05) is 12.3 Å². The number of hydrogen-bond acceptors (Lipinski definition) is 8. The molecule has 3 fully saturated rings. The van der Waals surface area contributed by atoms with Gasteiger partial charge in [0, 0.05) is 30.8 Å². The SMILES string of the molecule is CC[C@H]1O[C@@H](n2cc(C)c(=O)[nH]c2=O)CC1O[P@]1O[C@@H](CS(=O)(=O)c2ccc(C)cc2)[C@H]2CCCN21. The van der Waals surface area contributed by atoms with Crippen molar-refractivity contribution in [1.82, 2.24) is 14.2 Å². The molecule has 3 saturated heterocycles. The Kier molecular flexibility index (Phi) is 7.24. The Hall–Kier alpha value is -1.88. The number of ether oxygens (including phenoxy) is 1. The molecule has 4 heterocycles. The summed E-state index contributed by atoms with van der Waals surface area (Å²) < 4.78 is 48.7. The maximum atomic E-state index is 13.1. The largest absolute Gasteiger partial charge is 0.352 e. The summed E-state index contributed by atoms with van der Waals surface area (Å²) in [5.74, 6) is -0.0908. The number of nitrogens with one attached hydrogen (secondary N) is 1. The van der Waals surface area contributed by atoms with Crippen LogP contribution in [0.15, 0.2) is 44.9 Å². The maximum absolute atomic E-state index is 13.1. The summed E-state index contributed by atoms with van der Waals surface area (Å²) in [6.07, 6.45) is 2.84. The minimum Gasteiger partial charge on any atom is -0.352 e. The van der Waals surface area contributed by atoms with E-state index in [1.54, 1.807) is 31.2 Å². The first-order valence-electron chi connectivity index (χ1n) is 12.3. The third kappa shape index (κ3) is 4.97. The molecule has 0 amide bonds. The highest BCUT2D eigenvalue weighted by Gasteiger charge is 2.50. The van der Waals surface area contributed by atoms with Crippen molar-refractivity contribution in [2.45, 2.75) is 81.9 Å². The van der Waals surface area contributed by atoms with Gasteiger partial charge in [-0.15, -0.1) is 0 Å². The maximum Gasteiger partial charge on any atom is 0.330 e. The Morgan fingerprint density at radius 2 is 1.92 bits per heavy atom. The molecular formula is C24H32N3O7PS. The average Bonchev–Trinajstić information content (AvgIpc) is 3.54. The van der Waals surface area contributed by atoms with Crippen LogP contribution in [0.2, 0.25) is 0 Å². The molecule has 36 heavy (non-hydrogen) atoms. The Bertz CT molecular complexity index is 1330. The Morgan fingerprint density at radius 1 is 1.17 bits per heavy atom. The summed E-state index contributed by atoms with van der Waals surface area (Å²) in [4.78, 5) is 26.8. The van der Waals surface area contributed by atoms with E-state index in [1.807, 2.05) is 13.8 Å². The van der Waals surface area contributed by atoms with Crippen LogP contribution in [-0.4, -0.2) is 59.3 Å². The van der Waals surface area contributed by atoms with E-state index >= 15 is 0 Å². The Labute approximate surface area is 211 Å². The van der Waals surface area contributed by atoms with Gasteiger partial charge in [0.2, 0.25) is 0 Å². The van der Waals surface area contributed by atoms with E-state index in [4.69, 9.17) is 13.8 Å². The van der Waals surface area contributed by atoms with E-state index in [-0.39, 0.29) is 24.0 Å². The molecule has 1 unspecified atom stereocenters. The number of aryl methyl sites for hydroxylation is 2. The Balaban J connectivity index is 1.31. The first kappa shape index (κ1) is 25.8. The summed E-state index contributed by atoms with van der Waals surface area (Å²) >= 11 is 0. The van der Waals surface area contributed by atoms with E-state index < -0.39 is 41.9 Å². The fourth-order valence-corrected chi connectivity index (χ4v) is 8.72. The van der Waals surface area contributed by atoms with Gasteiger partial charge in [-0.2, -0.15) is 0 Å². The lowest BCUT2D eigenvalue weighted by molar-refractivity contribution is -0.0189. The van der Waals surface area contributed by atoms with E-state index in [0.717, 1.165) is 24.9 Å². The van der Waals surface area contributed by atoms with Crippen LogP contribution in [0.4, 0.5) is 0 Å². The van der Waals surface area contributed by atoms with Crippen molar-refractivity contribution in [3.63, 3.8) is 0 Å². The fourth-order valence-electron chi connectivity index (χ4n) is 5.15. The van der Waals surface area contributed by atoms with Gasteiger partial charge in [-0.1, -0.05) is 24.6 Å². The highest BCUT2D eigenvalue weighted by Crippen LogP contribution is 2.58. The lowest BCUT2D eigenvalue weighted by atomic mass is 10.1. The van der Waals surface area contributed by atoms with Crippen LogP contribution in [0.5, 0.6) is 0 Å². The number of nitrogens with zero attached hydrogens (tertiary/aromatic N) is 2. The van der Waals surface area contributed by atoms with E-state index in [9.17, 15) is 18.0 Å². The topological polar surface area (TPSA) is 120 Å². The number of benzene rings is 1. The molecule has 3 aliphatic rings. The van der Waals surface area contributed by atoms with Crippen molar-refractivity contribution >= 4 is 18.4 Å². The molecule has 1 aromatic carbocycles. The van der Waals surface area contributed by atoms with Crippen LogP contribution in [0.1, 0.15) is 50.0 Å². The third-order valence-corrected chi connectivity index (χ3v) is 10.7. The molecule has 2 aromatic rings. The molecule has 0 aliphatic carbocycles. The third-order valence-electron chi connectivity index (χ3n) is 7.16.